The van der Waals surface area contributed by atoms with E-state index >= 15 is 0 Å². The van der Waals surface area contributed by atoms with Gasteiger partial charge in [0, 0.05) is 5.56 Å². The van der Waals surface area contributed by atoms with E-state index < -0.39 is 30.4 Å². The van der Waals surface area contributed by atoms with E-state index in [1.165, 1.54) is 17.2 Å². The monoisotopic (exact) mass is 442 g/mol. The lowest BCUT2D eigenvalue weighted by Crippen LogP contribution is -2.33. The zero-order valence-corrected chi connectivity index (χ0v) is 16.7. The number of aromatic amines is 1. The van der Waals surface area contributed by atoms with Crippen molar-refractivity contribution in [3.63, 3.8) is 0 Å². The summed E-state index contributed by atoms with van der Waals surface area (Å²) in [6.45, 7) is 0.160. The third-order valence-electron chi connectivity index (χ3n) is 5.42. The Balaban J connectivity index is 1.47. The van der Waals surface area contributed by atoms with Gasteiger partial charge in [0.25, 0.3) is 0 Å². The number of hydrogen-bond acceptors (Lipinski definition) is 9. The molecule has 1 aliphatic heterocycles. The number of amides is 1. The van der Waals surface area contributed by atoms with Crippen LogP contribution in [-0.2, 0) is 11.3 Å². The number of aliphatic hydroxyl groups excluding tert-OH is 2. The molecule has 4 heterocycles. The molecule has 4 atom stereocenters. The van der Waals surface area contributed by atoms with Crippen LogP contribution in [0.5, 0.6) is 0 Å². The molecule has 0 bridgehead atoms. The first-order valence-electron chi connectivity index (χ1n) is 9.32. The summed E-state index contributed by atoms with van der Waals surface area (Å²) >= 11 is 5.40. The first-order valence-corrected chi connectivity index (χ1v) is 9.73. The van der Waals surface area contributed by atoms with Gasteiger partial charge in [-0.25, -0.2) is 15.0 Å². The molecule has 31 heavy (non-hydrogen) atoms. The van der Waals surface area contributed by atoms with E-state index in [4.69, 9.17) is 28.4 Å². The highest BCUT2D eigenvalue weighted by Gasteiger charge is 2.44. The summed E-state index contributed by atoms with van der Waals surface area (Å²) in [5.74, 6) is -0.347. The van der Waals surface area contributed by atoms with Gasteiger partial charge in [-0.15, -0.1) is 0 Å². The average molecular weight is 442 g/mol. The maximum atomic E-state index is 11.4. The smallest absolute Gasteiger partial charge is 0.248 e. The first-order chi connectivity index (χ1) is 14.8. The molecule has 7 N–H and O–H groups in total. The Morgan fingerprint density at radius 3 is 2.84 bits per heavy atom. The van der Waals surface area contributed by atoms with Crippen molar-refractivity contribution in [1.29, 1.82) is 0 Å². The van der Waals surface area contributed by atoms with Gasteiger partial charge in [0.15, 0.2) is 22.5 Å². The molecular weight excluding hydrogens is 424 g/mol. The molecule has 0 spiro atoms. The molecule has 3 aromatic heterocycles. The summed E-state index contributed by atoms with van der Waals surface area (Å²) in [4.78, 5) is 26.7. The number of fused-ring (bicyclic) bond motifs is 2. The molecule has 1 saturated heterocycles. The second-order valence-electron chi connectivity index (χ2n) is 7.27. The molecule has 4 aromatic rings. The van der Waals surface area contributed by atoms with Crippen LogP contribution in [0.3, 0.4) is 0 Å². The lowest BCUT2D eigenvalue weighted by atomic mass is 10.1. The highest BCUT2D eigenvalue weighted by molar-refractivity contribution is 7.71. The van der Waals surface area contributed by atoms with Crippen LogP contribution in [-0.4, -0.2) is 63.5 Å². The summed E-state index contributed by atoms with van der Waals surface area (Å²) in [6.07, 6.45) is -1.42. The SMILES string of the molecule is NC(=O)c1ccc2c(c1)[nH]c(=S)n2C[C@H]1O[C@@H](n2cnc3c(N)ncnc32)[C@H](O)[C@@H]1O. The molecule has 0 unspecified atom stereocenters. The third kappa shape index (κ3) is 3.06. The maximum absolute atomic E-state index is 11.4. The fraction of sp³-hybridized carbons (Fsp3) is 0.278. The van der Waals surface area contributed by atoms with Gasteiger partial charge >= 0.3 is 0 Å². The molecule has 1 aliphatic rings. The molecule has 1 fully saturated rings. The number of aromatic nitrogens is 6. The zero-order valence-electron chi connectivity index (χ0n) is 15.9. The Bertz CT molecular complexity index is 1380. The van der Waals surface area contributed by atoms with Gasteiger partial charge in [0.2, 0.25) is 5.91 Å². The summed E-state index contributed by atoms with van der Waals surface area (Å²) in [5.41, 5.74) is 13.6. The summed E-state index contributed by atoms with van der Waals surface area (Å²) < 4.78 is 9.59. The Morgan fingerprint density at radius 2 is 2.06 bits per heavy atom. The van der Waals surface area contributed by atoms with Gasteiger partial charge in [-0.05, 0) is 30.4 Å². The quantitative estimate of drug-likeness (QED) is 0.268. The molecule has 0 saturated carbocycles. The highest BCUT2D eigenvalue weighted by atomic mass is 32.1. The number of imidazole rings is 2. The third-order valence-corrected chi connectivity index (χ3v) is 5.74. The lowest BCUT2D eigenvalue weighted by Gasteiger charge is -2.16. The van der Waals surface area contributed by atoms with Crippen molar-refractivity contribution in [3.05, 3.63) is 41.2 Å². The van der Waals surface area contributed by atoms with E-state index in [1.807, 2.05) is 0 Å². The summed E-state index contributed by atoms with van der Waals surface area (Å²) in [6, 6.07) is 4.91. The number of carbonyl (C=O) groups is 1. The van der Waals surface area contributed by atoms with Crippen LogP contribution in [0.2, 0.25) is 0 Å². The number of nitrogens with one attached hydrogen (secondary N) is 1. The minimum absolute atomic E-state index is 0.160. The number of nitrogens with zero attached hydrogens (tertiary/aromatic N) is 5. The molecule has 13 heteroatoms. The van der Waals surface area contributed by atoms with E-state index in [9.17, 15) is 15.0 Å². The van der Waals surface area contributed by atoms with Crippen molar-refractivity contribution in [1.82, 2.24) is 29.1 Å². The Hall–Kier alpha value is -3.39. The van der Waals surface area contributed by atoms with Gasteiger partial charge in [0.1, 0.15) is 30.2 Å². The van der Waals surface area contributed by atoms with E-state index in [1.54, 1.807) is 22.8 Å². The fourth-order valence-electron chi connectivity index (χ4n) is 3.84. The molecule has 160 valence electrons. The van der Waals surface area contributed by atoms with Crippen LogP contribution in [0.4, 0.5) is 5.82 Å². The van der Waals surface area contributed by atoms with Crippen LogP contribution in [0.25, 0.3) is 22.2 Å². The largest absolute Gasteiger partial charge is 0.387 e. The Labute approximate surface area is 179 Å². The number of anilines is 1. The Kier molecular flexibility index (Phi) is 4.48. The molecule has 0 radical (unpaired) electrons. The zero-order chi connectivity index (χ0) is 21.9. The van der Waals surface area contributed by atoms with E-state index in [0.29, 0.717) is 32.5 Å². The Morgan fingerprint density at radius 1 is 1.26 bits per heavy atom. The molecule has 0 aliphatic carbocycles. The number of hydrogen-bond donors (Lipinski definition) is 5. The maximum Gasteiger partial charge on any atom is 0.248 e. The van der Waals surface area contributed by atoms with Crippen molar-refractivity contribution >= 4 is 46.1 Å². The lowest BCUT2D eigenvalue weighted by molar-refractivity contribution is -0.0391. The fourth-order valence-corrected chi connectivity index (χ4v) is 4.13. The molecule has 1 amide bonds. The number of H-pyrrole nitrogens is 1. The average Bonchev–Trinajstić information content (AvgIpc) is 3.38. The topological polar surface area (TPSA) is 183 Å². The normalized spacial score (nSPS) is 23.7. The number of aliphatic hydroxyl groups is 2. The number of benzene rings is 1. The number of ether oxygens (including phenoxy) is 1. The van der Waals surface area contributed by atoms with E-state index in [2.05, 4.69) is 19.9 Å². The standard InChI is InChI=1S/C18H18N8O4S/c19-14-11-16(22-5-21-14)26(6-23-11)17-13(28)12(27)10(30-17)4-25-9-2-1-7(15(20)29)3-8(9)24-18(25)31/h1-3,5-6,10,12-13,17,27-28H,4H2,(H2,20,29)(H,24,31)(H2,19,21,22)/t10-,12-,13-,17-/m1/s1. The predicted molar refractivity (Wildman–Crippen MR) is 111 cm³/mol. The highest BCUT2D eigenvalue weighted by Crippen LogP contribution is 2.33. The molecule has 1 aromatic carbocycles. The van der Waals surface area contributed by atoms with Crippen molar-refractivity contribution in [2.45, 2.75) is 31.1 Å². The minimum Gasteiger partial charge on any atom is -0.387 e. The van der Waals surface area contributed by atoms with Gasteiger partial charge in [-0.3, -0.25) is 9.36 Å². The number of rotatable bonds is 4. The van der Waals surface area contributed by atoms with Crippen molar-refractivity contribution in [2.24, 2.45) is 5.73 Å². The van der Waals surface area contributed by atoms with Crippen LogP contribution in [0.15, 0.2) is 30.9 Å². The summed E-state index contributed by atoms with van der Waals surface area (Å²) in [5, 5.41) is 21.3. The van der Waals surface area contributed by atoms with Gasteiger partial charge in [-0.2, -0.15) is 0 Å². The van der Waals surface area contributed by atoms with E-state index in [0.717, 1.165) is 0 Å². The second-order valence-corrected chi connectivity index (χ2v) is 7.65. The number of primary amides is 1. The minimum atomic E-state index is -1.24. The van der Waals surface area contributed by atoms with Gasteiger partial charge in [0.05, 0.1) is 23.9 Å². The number of nitrogens with two attached hydrogens (primary N) is 2. The van der Waals surface area contributed by atoms with Crippen LogP contribution < -0.4 is 11.5 Å². The molecular formula is C18H18N8O4S. The van der Waals surface area contributed by atoms with Crippen LogP contribution in [0, 0.1) is 4.77 Å². The van der Waals surface area contributed by atoms with Crippen molar-refractivity contribution in [3.8, 4) is 0 Å². The van der Waals surface area contributed by atoms with Crippen molar-refractivity contribution in [2.75, 3.05) is 5.73 Å². The van der Waals surface area contributed by atoms with Gasteiger partial charge < -0.3 is 36.0 Å². The van der Waals surface area contributed by atoms with Crippen LogP contribution >= 0.6 is 12.2 Å². The molecule has 12 nitrogen and oxygen atoms in total. The predicted octanol–water partition coefficient (Wildman–Crippen LogP) is -0.161. The van der Waals surface area contributed by atoms with E-state index in [-0.39, 0.29) is 12.4 Å². The number of carbonyl (C=O) groups excluding carboxylic acids is 1. The van der Waals surface area contributed by atoms with Crippen LogP contribution in [0.1, 0.15) is 16.6 Å². The summed E-state index contributed by atoms with van der Waals surface area (Å²) in [7, 11) is 0. The van der Waals surface area contributed by atoms with Crippen molar-refractivity contribution < 1.29 is 19.7 Å². The van der Waals surface area contributed by atoms with Gasteiger partial charge in [-0.1, -0.05) is 0 Å². The molecule has 5 rings (SSSR count). The second kappa shape index (κ2) is 7.09. The first kappa shape index (κ1) is 19.6. The number of nitrogen functional groups attached to an aromatic ring is 1.